The Morgan fingerprint density at radius 1 is 1.60 bits per heavy atom. The Morgan fingerprint density at radius 3 is 2.80 bits per heavy atom. The van der Waals surface area contributed by atoms with Crippen LogP contribution in [-0.2, 0) is 12.6 Å². The van der Waals surface area contributed by atoms with Gasteiger partial charge in [-0.25, -0.2) is 0 Å². The van der Waals surface area contributed by atoms with Crippen molar-refractivity contribution < 1.29 is 5.11 Å². The fourth-order valence-electron chi connectivity index (χ4n) is 2.32. The van der Waals surface area contributed by atoms with Crippen molar-refractivity contribution in [3.05, 3.63) is 29.6 Å². The SMILES string of the molecule is Cc1cnn(C)c1C1(O)C=CC(C)CC1. The van der Waals surface area contributed by atoms with Crippen LogP contribution in [0, 0.1) is 12.8 Å². The molecule has 0 saturated heterocycles. The van der Waals surface area contributed by atoms with Gasteiger partial charge in [0.05, 0.1) is 11.9 Å². The molecule has 82 valence electrons. The van der Waals surface area contributed by atoms with Crippen molar-refractivity contribution in [1.29, 1.82) is 0 Å². The molecule has 1 heterocycles. The molecule has 15 heavy (non-hydrogen) atoms. The van der Waals surface area contributed by atoms with Crippen LogP contribution in [0.2, 0.25) is 0 Å². The van der Waals surface area contributed by atoms with Crippen LogP contribution < -0.4 is 0 Å². The minimum atomic E-state index is -0.818. The number of aryl methyl sites for hydroxylation is 2. The Labute approximate surface area is 90.4 Å². The highest BCUT2D eigenvalue weighted by molar-refractivity contribution is 5.29. The molecule has 1 aliphatic rings. The molecule has 0 aromatic carbocycles. The molecule has 0 saturated carbocycles. The van der Waals surface area contributed by atoms with Gasteiger partial charge in [0.2, 0.25) is 0 Å². The highest BCUT2D eigenvalue weighted by atomic mass is 16.3. The van der Waals surface area contributed by atoms with Gasteiger partial charge in [-0.15, -0.1) is 0 Å². The summed E-state index contributed by atoms with van der Waals surface area (Å²) in [6, 6.07) is 0. The van der Waals surface area contributed by atoms with Crippen molar-refractivity contribution in [2.75, 3.05) is 0 Å². The number of hydrogen-bond acceptors (Lipinski definition) is 2. The summed E-state index contributed by atoms with van der Waals surface area (Å²) in [5.41, 5.74) is 1.16. The van der Waals surface area contributed by atoms with E-state index >= 15 is 0 Å². The van der Waals surface area contributed by atoms with Gasteiger partial charge < -0.3 is 5.11 Å². The Kier molecular flexibility index (Phi) is 2.43. The van der Waals surface area contributed by atoms with Gasteiger partial charge >= 0.3 is 0 Å². The molecule has 2 unspecified atom stereocenters. The van der Waals surface area contributed by atoms with E-state index in [4.69, 9.17) is 0 Å². The molecule has 3 heteroatoms. The summed E-state index contributed by atoms with van der Waals surface area (Å²) >= 11 is 0. The fraction of sp³-hybridized carbons (Fsp3) is 0.583. The number of aromatic nitrogens is 2. The van der Waals surface area contributed by atoms with Crippen molar-refractivity contribution >= 4 is 0 Å². The number of aliphatic hydroxyl groups is 1. The zero-order valence-electron chi connectivity index (χ0n) is 9.57. The molecule has 0 aliphatic heterocycles. The Hall–Kier alpha value is -1.09. The topological polar surface area (TPSA) is 38.0 Å². The van der Waals surface area contributed by atoms with E-state index in [2.05, 4.69) is 18.1 Å². The van der Waals surface area contributed by atoms with Crippen molar-refractivity contribution in [2.45, 2.75) is 32.3 Å². The van der Waals surface area contributed by atoms with E-state index in [0.29, 0.717) is 5.92 Å². The first-order valence-corrected chi connectivity index (χ1v) is 5.44. The molecule has 2 rings (SSSR count). The third kappa shape index (κ3) is 1.72. The first kappa shape index (κ1) is 10.4. The lowest BCUT2D eigenvalue weighted by atomic mass is 9.83. The highest BCUT2D eigenvalue weighted by Crippen LogP contribution is 2.35. The lowest BCUT2D eigenvalue weighted by Gasteiger charge is -2.30. The number of nitrogens with zero attached hydrogens (tertiary/aromatic N) is 2. The average molecular weight is 206 g/mol. The van der Waals surface area contributed by atoms with Crippen LogP contribution in [0.15, 0.2) is 18.3 Å². The quantitative estimate of drug-likeness (QED) is 0.713. The van der Waals surface area contributed by atoms with Gasteiger partial charge in [-0.2, -0.15) is 5.10 Å². The van der Waals surface area contributed by atoms with Crippen LogP contribution in [-0.4, -0.2) is 14.9 Å². The van der Waals surface area contributed by atoms with Gasteiger partial charge in [-0.1, -0.05) is 19.1 Å². The largest absolute Gasteiger partial charge is 0.379 e. The second-order valence-corrected chi connectivity index (χ2v) is 4.60. The summed E-state index contributed by atoms with van der Waals surface area (Å²) in [4.78, 5) is 0. The fourth-order valence-corrected chi connectivity index (χ4v) is 2.32. The lowest BCUT2D eigenvalue weighted by molar-refractivity contribution is 0.0583. The second-order valence-electron chi connectivity index (χ2n) is 4.60. The Morgan fingerprint density at radius 2 is 2.33 bits per heavy atom. The maximum Gasteiger partial charge on any atom is 0.125 e. The van der Waals surface area contributed by atoms with E-state index in [1.54, 1.807) is 10.9 Å². The monoisotopic (exact) mass is 206 g/mol. The standard InChI is InChI=1S/C12H18N2O/c1-9-4-6-12(15,7-5-9)11-10(2)8-13-14(11)3/h4,6,8-9,15H,5,7H2,1-3H3. The first-order chi connectivity index (χ1) is 7.03. The molecule has 1 aromatic heterocycles. The molecule has 1 aliphatic carbocycles. The van der Waals surface area contributed by atoms with E-state index in [-0.39, 0.29) is 0 Å². The first-order valence-electron chi connectivity index (χ1n) is 5.44. The third-order valence-corrected chi connectivity index (χ3v) is 3.21. The maximum atomic E-state index is 10.6. The molecule has 0 radical (unpaired) electrons. The van der Waals surface area contributed by atoms with Gasteiger partial charge in [0.1, 0.15) is 5.60 Å². The summed E-state index contributed by atoms with van der Waals surface area (Å²) in [6.45, 7) is 4.17. The second kappa shape index (κ2) is 3.49. The minimum absolute atomic E-state index is 0.568. The number of rotatable bonds is 1. The van der Waals surface area contributed by atoms with Crippen LogP contribution >= 0.6 is 0 Å². The minimum Gasteiger partial charge on any atom is -0.379 e. The van der Waals surface area contributed by atoms with E-state index < -0.39 is 5.60 Å². The summed E-state index contributed by atoms with van der Waals surface area (Å²) in [5, 5.41) is 14.7. The summed E-state index contributed by atoms with van der Waals surface area (Å²) in [5.74, 6) is 0.568. The summed E-state index contributed by atoms with van der Waals surface area (Å²) < 4.78 is 1.77. The molecule has 2 atom stereocenters. The van der Waals surface area contributed by atoms with Crippen LogP contribution in [0.5, 0.6) is 0 Å². The summed E-state index contributed by atoms with van der Waals surface area (Å²) in [7, 11) is 1.88. The number of hydrogen-bond donors (Lipinski definition) is 1. The van der Waals surface area contributed by atoms with E-state index in [1.807, 2.05) is 20.0 Å². The highest BCUT2D eigenvalue weighted by Gasteiger charge is 2.33. The molecular weight excluding hydrogens is 188 g/mol. The Balaban J connectivity index is 2.42. The summed E-state index contributed by atoms with van der Waals surface area (Å²) in [6.07, 6.45) is 7.63. The molecular formula is C12H18N2O. The van der Waals surface area contributed by atoms with Gasteiger partial charge in [0.15, 0.2) is 0 Å². The van der Waals surface area contributed by atoms with Crippen molar-refractivity contribution in [3.8, 4) is 0 Å². The van der Waals surface area contributed by atoms with Crippen molar-refractivity contribution in [3.63, 3.8) is 0 Å². The van der Waals surface area contributed by atoms with Crippen LogP contribution in [0.1, 0.15) is 31.0 Å². The molecule has 0 amide bonds. The third-order valence-electron chi connectivity index (χ3n) is 3.21. The van der Waals surface area contributed by atoms with Crippen molar-refractivity contribution in [1.82, 2.24) is 9.78 Å². The molecule has 0 bridgehead atoms. The van der Waals surface area contributed by atoms with Gasteiger partial charge in [0, 0.05) is 7.05 Å². The molecule has 1 N–H and O–H groups in total. The predicted molar refractivity (Wildman–Crippen MR) is 59.4 cm³/mol. The van der Waals surface area contributed by atoms with E-state index in [9.17, 15) is 5.11 Å². The number of allylic oxidation sites excluding steroid dienone is 1. The van der Waals surface area contributed by atoms with Crippen LogP contribution in [0.4, 0.5) is 0 Å². The van der Waals surface area contributed by atoms with Gasteiger partial charge in [-0.05, 0) is 31.2 Å². The van der Waals surface area contributed by atoms with Crippen LogP contribution in [0.3, 0.4) is 0 Å². The van der Waals surface area contributed by atoms with Gasteiger partial charge in [-0.3, -0.25) is 4.68 Å². The maximum absolute atomic E-state index is 10.6. The van der Waals surface area contributed by atoms with Crippen molar-refractivity contribution in [2.24, 2.45) is 13.0 Å². The van der Waals surface area contributed by atoms with E-state index in [0.717, 1.165) is 24.1 Å². The normalized spacial score (nSPS) is 30.8. The molecule has 0 fully saturated rings. The molecule has 0 spiro atoms. The van der Waals surface area contributed by atoms with Crippen LogP contribution in [0.25, 0.3) is 0 Å². The predicted octanol–water partition coefficient (Wildman–Crippen LogP) is 1.90. The smallest absolute Gasteiger partial charge is 0.125 e. The average Bonchev–Trinajstić information content (AvgIpc) is 2.52. The molecule has 1 aromatic rings. The zero-order valence-corrected chi connectivity index (χ0v) is 9.57. The van der Waals surface area contributed by atoms with Gasteiger partial charge in [0.25, 0.3) is 0 Å². The lowest BCUT2D eigenvalue weighted by Crippen LogP contribution is -2.30. The Bertz CT molecular complexity index is 375. The van der Waals surface area contributed by atoms with E-state index in [1.165, 1.54) is 0 Å². The molecule has 3 nitrogen and oxygen atoms in total. The zero-order chi connectivity index (χ0) is 11.1.